The highest BCUT2D eigenvalue weighted by Crippen LogP contribution is 2.19. The molecule has 0 saturated heterocycles. The second-order valence-corrected chi connectivity index (χ2v) is 10.8. The lowest BCUT2D eigenvalue weighted by atomic mass is 9.91. The van der Waals surface area contributed by atoms with E-state index >= 15 is 0 Å². The molecule has 0 fully saturated rings. The quantitative estimate of drug-likeness (QED) is 0.0531. The van der Waals surface area contributed by atoms with Crippen LogP contribution in [0.25, 0.3) is 0 Å². The van der Waals surface area contributed by atoms with Crippen molar-refractivity contribution in [1.29, 1.82) is 0 Å². The Morgan fingerprint density at radius 2 is 0.644 bits per heavy atom. The zero-order valence-electron chi connectivity index (χ0n) is 25.7. The topological polar surface area (TPSA) is 394 Å². The van der Waals surface area contributed by atoms with Gasteiger partial charge in [-0.3, -0.25) is 0 Å². The van der Waals surface area contributed by atoms with Crippen LogP contribution in [0.1, 0.15) is 13.8 Å². The first-order chi connectivity index (χ1) is 20.8. The molecular weight excluding hydrogens is 620 g/mol. The highest BCUT2D eigenvalue weighted by atomic mass is 16.5. The molecule has 20 heteroatoms. The summed E-state index contributed by atoms with van der Waals surface area (Å²) in [6.07, 6.45) is -7.48. The molecule has 0 rings (SSSR count). The fraction of sp³-hybridized carbons (Fsp3) is 1.00. The van der Waals surface area contributed by atoms with Crippen molar-refractivity contribution < 1.29 is 102 Å². The molecule has 5 unspecified atom stereocenters. The fourth-order valence-corrected chi connectivity index (χ4v) is 2.03. The Balaban J connectivity index is -0.000000263. The standard InChI is InChI=1S/C10H22O7.C6H14O6.C5H12O4.C4H10O3/c11-1-9(2-12,3-13)7-17-8-10(4-14,5-15)6-16;7-1-3(9)5(11)6(12)4(10)2-8;6-1-5(2-7,3-8)4-9;1-3(5)4(2,6)7/h11-16H,1-8H2;3-12H,1-2H2;6-9H,1-4H2;3,5-7H,1-2H3. The van der Waals surface area contributed by atoms with E-state index in [9.17, 15) is 0 Å². The molecular formula is C25H58O20. The Bertz CT molecular complexity index is 569. The third-order valence-corrected chi connectivity index (χ3v) is 6.47. The summed E-state index contributed by atoms with van der Waals surface area (Å²) in [4.78, 5) is 0. The van der Waals surface area contributed by atoms with Gasteiger partial charge in [-0.15, -0.1) is 0 Å². The summed E-state index contributed by atoms with van der Waals surface area (Å²) in [7, 11) is 0. The van der Waals surface area contributed by atoms with E-state index in [1.807, 2.05) is 0 Å². The van der Waals surface area contributed by atoms with Crippen LogP contribution in [0, 0.1) is 16.2 Å². The van der Waals surface area contributed by atoms with Crippen LogP contribution >= 0.6 is 0 Å². The maximum atomic E-state index is 9.03. The zero-order valence-corrected chi connectivity index (χ0v) is 25.7. The summed E-state index contributed by atoms with van der Waals surface area (Å²) >= 11 is 0. The molecule has 0 aromatic carbocycles. The predicted octanol–water partition coefficient (Wildman–Crippen LogP) is -9.65. The van der Waals surface area contributed by atoms with Crippen molar-refractivity contribution in [3.8, 4) is 0 Å². The summed E-state index contributed by atoms with van der Waals surface area (Å²) in [6.45, 7) is -3.65. The number of aliphatic hydroxyl groups excluding tert-OH is 17. The molecule has 278 valence electrons. The maximum Gasteiger partial charge on any atom is 0.186 e. The number of aliphatic hydroxyl groups is 19. The lowest BCUT2D eigenvalue weighted by molar-refractivity contribution is -0.205. The molecule has 0 radical (unpaired) electrons. The largest absolute Gasteiger partial charge is 0.396 e. The first kappa shape index (κ1) is 51.0. The Labute approximate surface area is 261 Å². The third-order valence-electron chi connectivity index (χ3n) is 6.47. The lowest BCUT2D eigenvalue weighted by Crippen LogP contribution is -2.46. The molecule has 0 bridgehead atoms. The molecule has 0 aliphatic carbocycles. The number of hydrogen-bond acceptors (Lipinski definition) is 20. The fourth-order valence-electron chi connectivity index (χ4n) is 2.03. The van der Waals surface area contributed by atoms with Crippen LogP contribution in [0.3, 0.4) is 0 Å². The molecule has 19 N–H and O–H groups in total. The molecule has 20 nitrogen and oxygen atoms in total. The van der Waals surface area contributed by atoms with Gasteiger partial charge >= 0.3 is 0 Å². The summed E-state index contributed by atoms with van der Waals surface area (Å²) in [5.74, 6) is -1.94. The molecule has 0 aliphatic rings. The first-order valence-electron chi connectivity index (χ1n) is 13.5. The molecule has 0 amide bonds. The van der Waals surface area contributed by atoms with Gasteiger partial charge < -0.3 is 102 Å². The second kappa shape index (κ2) is 27.2. The van der Waals surface area contributed by atoms with E-state index in [1.54, 1.807) is 0 Å². The zero-order chi connectivity index (χ0) is 36.5. The highest BCUT2D eigenvalue weighted by Gasteiger charge is 2.33. The lowest BCUT2D eigenvalue weighted by Gasteiger charge is -2.31. The maximum absolute atomic E-state index is 9.03. The summed E-state index contributed by atoms with van der Waals surface area (Å²) in [5, 5.41) is 166. The second-order valence-electron chi connectivity index (χ2n) is 10.8. The normalized spacial score (nSPS) is 15.7. The third kappa shape index (κ3) is 20.9. The minimum absolute atomic E-state index is 0.141. The molecule has 0 aromatic heterocycles. The smallest absolute Gasteiger partial charge is 0.186 e. The SMILES string of the molecule is CC(O)C(C)(O)O.OCC(CO)(CO)CO.OCC(CO)(CO)COCC(CO)(CO)CO.OCC(O)C(O)C(O)C(O)CO. The van der Waals surface area contributed by atoms with E-state index in [1.165, 1.54) is 6.92 Å². The van der Waals surface area contributed by atoms with Gasteiger partial charge in [0.15, 0.2) is 5.79 Å². The van der Waals surface area contributed by atoms with Crippen molar-refractivity contribution in [3.63, 3.8) is 0 Å². The van der Waals surface area contributed by atoms with Crippen LogP contribution in [-0.2, 0) is 4.74 Å². The summed E-state index contributed by atoms with van der Waals surface area (Å²) < 4.78 is 5.15. The Morgan fingerprint density at radius 1 is 0.444 bits per heavy atom. The number of rotatable bonds is 20. The van der Waals surface area contributed by atoms with Crippen LogP contribution in [0.15, 0.2) is 0 Å². The van der Waals surface area contributed by atoms with Gasteiger partial charge in [0, 0.05) is 0 Å². The van der Waals surface area contributed by atoms with E-state index in [2.05, 4.69) is 0 Å². The average Bonchev–Trinajstić information content (AvgIpc) is 3.05. The molecule has 0 heterocycles. The van der Waals surface area contributed by atoms with Gasteiger partial charge in [-0.1, -0.05) is 0 Å². The van der Waals surface area contributed by atoms with E-state index in [4.69, 9.17) is 102 Å². The molecule has 5 atom stereocenters. The first-order valence-corrected chi connectivity index (χ1v) is 13.5. The van der Waals surface area contributed by atoms with Gasteiger partial charge in [0.25, 0.3) is 0 Å². The number of ether oxygens (including phenoxy) is 1. The Hall–Kier alpha value is -0.800. The van der Waals surface area contributed by atoms with E-state index in [0.29, 0.717) is 0 Å². The summed E-state index contributed by atoms with van der Waals surface area (Å²) in [5.41, 5.74) is -3.43. The van der Waals surface area contributed by atoms with Crippen molar-refractivity contribution >= 4 is 0 Å². The van der Waals surface area contributed by atoms with Crippen LogP contribution in [0.2, 0.25) is 0 Å². The van der Waals surface area contributed by atoms with Crippen molar-refractivity contribution in [2.75, 3.05) is 92.5 Å². The Kier molecular flexibility index (Phi) is 30.8. The van der Waals surface area contributed by atoms with Crippen molar-refractivity contribution in [2.45, 2.75) is 50.2 Å². The van der Waals surface area contributed by atoms with Crippen LogP contribution in [0.4, 0.5) is 0 Å². The van der Waals surface area contributed by atoms with Crippen molar-refractivity contribution in [3.05, 3.63) is 0 Å². The van der Waals surface area contributed by atoms with Crippen molar-refractivity contribution in [2.24, 2.45) is 16.2 Å². The van der Waals surface area contributed by atoms with Gasteiger partial charge in [0.1, 0.15) is 30.5 Å². The molecule has 45 heavy (non-hydrogen) atoms. The van der Waals surface area contributed by atoms with Crippen LogP contribution < -0.4 is 0 Å². The van der Waals surface area contributed by atoms with Gasteiger partial charge in [0.2, 0.25) is 0 Å². The van der Waals surface area contributed by atoms with E-state index in [-0.39, 0.29) is 13.2 Å². The predicted molar refractivity (Wildman–Crippen MR) is 152 cm³/mol. The minimum Gasteiger partial charge on any atom is -0.396 e. The number of hydrogen-bond donors (Lipinski definition) is 19. The van der Waals surface area contributed by atoms with Gasteiger partial charge in [0.05, 0.1) is 109 Å². The van der Waals surface area contributed by atoms with Gasteiger partial charge in [-0.2, -0.15) is 0 Å². The highest BCUT2D eigenvalue weighted by molar-refractivity contribution is 4.81. The molecule has 0 saturated carbocycles. The van der Waals surface area contributed by atoms with Gasteiger partial charge in [-0.25, -0.2) is 0 Å². The van der Waals surface area contributed by atoms with Crippen LogP contribution in [0.5, 0.6) is 0 Å². The monoisotopic (exact) mass is 678 g/mol. The van der Waals surface area contributed by atoms with Crippen LogP contribution in [-0.4, -0.2) is 226 Å². The van der Waals surface area contributed by atoms with Gasteiger partial charge in [-0.05, 0) is 13.8 Å². The summed E-state index contributed by atoms with van der Waals surface area (Å²) in [6, 6.07) is 0. The molecule has 0 aromatic rings. The molecule has 0 spiro atoms. The minimum atomic E-state index is -1.94. The molecule has 0 aliphatic heterocycles. The average molecular weight is 679 g/mol. The van der Waals surface area contributed by atoms with Crippen molar-refractivity contribution in [1.82, 2.24) is 0 Å². The van der Waals surface area contributed by atoms with E-state index < -0.39 is 132 Å². The van der Waals surface area contributed by atoms with E-state index in [0.717, 1.165) is 6.92 Å². The Morgan fingerprint density at radius 3 is 0.756 bits per heavy atom.